The number of carbonyl (C=O) groups excluding carboxylic acids is 1. The summed E-state index contributed by atoms with van der Waals surface area (Å²) in [6.45, 7) is 3.65. The number of methoxy groups -OCH3 is 1. The fourth-order valence-electron chi connectivity index (χ4n) is 4.16. The van der Waals surface area contributed by atoms with Crippen LogP contribution in [-0.2, 0) is 22.6 Å². The van der Waals surface area contributed by atoms with Crippen LogP contribution in [0.5, 0.6) is 11.5 Å². The van der Waals surface area contributed by atoms with Crippen molar-refractivity contribution in [3.8, 4) is 22.9 Å². The summed E-state index contributed by atoms with van der Waals surface area (Å²) >= 11 is 0. The number of nitrogens with zero attached hydrogens (tertiary/aromatic N) is 3. The third-order valence-electron chi connectivity index (χ3n) is 6.22. The second kappa shape index (κ2) is 12.2. The zero-order valence-electron chi connectivity index (χ0n) is 21.3. The Kier molecular flexibility index (Phi) is 8.15. The van der Waals surface area contributed by atoms with Gasteiger partial charge in [0.1, 0.15) is 6.61 Å². The van der Waals surface area contributed by atoms with Crippen molar-refractivity contribution in [2.45, 2.75) is 19.4 Å². The van der Waals surface area contributed by atoms with Crippen molar-refractivity contribution in [2.75, 3.05) is 43.6 Å². The minimum Gasteiger partial charge on any atom is -0.493 e. The first-order chi connectivity index (χ1) is 18.7. The summed E-state index contributed by atoms with van der Waals surface area (Å²) in [4.78, 5) is 19.2. The molecular formula is C29H30N4O5. The third kappa shape index (κ3) is 6.49. The van der Waals surface area contributed by atoms with Crippen LogP contribution in [0.4, 0.5) is 11.4 Å². The van der Waals surface area contributed by atoms with Crippen molar-refractivity contribution < 1.29 is 23.5 Å². The van der Waals surface area contributed by atoms with E-state index in [-0.39, 0.29) is 12.3 Å². The molecule has 0 radical (unpaired) electrons. The molecular weight excluding hydrogens is 484 g/mol. The van der Waals surface area contributed by atoms with Crippen molar-refractivity contribution in [2.24, 2.45) is 0 Å². The third-order valence-corrected chi connectivity index (χ3v) is 6.22. The number of hydrogen-bond donors (Lipinski definition) is 1. The second-order valence-electron chi connectivity index (χ2n) is 8.85. The van der Waals surface area contributed by atoms with Gasteiger partial charge in [-0.3, -0.25) is 4.79 Å². The lowest BCUT2D eigenvalue weighted by molar-refractivity contribution is -0.116. The Morgan fingerprint density at radius 3 is 2.55 bits per heavy atom. The van der Waals surface area contributed by atoms with Crippen molar-refractivity contribution in [1.82, 2.24) is 10.1 Å². The van der Waals surface area contributed by atoms with E-state index in [1.807, 2.05) is 72.8 Å². The van der Waals surface area contributed by atoms with Gasteiger partial charge in [0.05, 0.1) is 20.3 Å². The smallest absolute Gasteiger partial charge is 0.227 e. The fraction of sp³-hybridized carbons (Fsp3) is 0.276. The molecule has 1 saturated heterocycles. The monoisotopic (exact) mass is 514 g/mol. The molecule has 4 aromatic rings. The second-order valence-corrected chi connectivity index (χ2v) is 8.85. The number of aromatic nitrogens is 2. The molecule has 0 spiro atoms. The van der Waals surface area contributed by atoms with Gasteiger partial charge in [-0.1, -0.05) is 35.5 Å². The first-order valence-corrected chi connectivity index (χ1v) is 12.6. The molecule has 0 bridgehead atoms. The molecule has 1 N–H and O–H groups in total. The fourth-order valence-corrected chi connectivity index (χ4v) is 4.16. The molecule has 1 fully saturated rings. The van der Waals surface area contributed by atoms with Crippen LogP contribution in [0, 0.1) is 0 Å². The molecule has 9 heteroatoms. The molecule has 0 unspecified atom stereocenters. The molecule has 1 aliphatic heterocycles. The highest BCUT2D eigenvalue weighted by Gasteiger charge is 2.15. The van der Waals surface area contributed by atoms with Crippen LogP contribution in [0.2, 0.25) is 0 Å². The van der Waals surface area contributed by atoms with Gasteiger partial charge in [-0.25, -0.2) is 0 Å². The van der Waals surface area contributed by atoms with Gasteiger partial charge in [0.25, 0.3) is 0 Å². The molecule has 1 aromatic heterocycles. The Bertz CT molecular complexity index is 1330. The summed E-state index contributed by atoms with van der Waals surface area (Å²) in [5.74, 6) is 1.89. The maximum Gasteiger partial charge on any atom is 0.227 e. The van der Waals surface area contributed by atoms with Crippen LogP contribution in [-0.4, -0.2) is 49.5 Å². The first kappa shape index (κ1) is 25.3. The van der Waals surface area contributed by atoms with E-state index in [9.17, 15) is 4.79 Å². The number of hydrogen-bond acceptors (Lipinski definition) is 8. The molecule has 2 heterocycles. The lowest BCUT2D eigenvalue weighted by atomic mass is 10.2. The van der Waals surface area contributed by atoms with Gasteiger partial charge in [-0.2, -0.15) is 4.98 Å². The van der Waals surface area contributed by atoms with E-state index in [0.717, 1.165) is 48.8 Å². The number of morpholine rings is 1. The van der Waals surface area contributed by atoms with E-state index in [1.165, 1.54) is 0 Å². The molecule has 5 rings (SSSR count). The largest absolute Gasteiger partial charge is 0.493 e. The number of anilines is 2. The maximum absolute atomic E-state index is 12.5. The number of amides is 1. The summed E-state index contributed by atoms with van der Waals surface area (Å²) in [5.41, 5.74) is 3.67. The van der Waals surface area contributed by atoms with Gasteiger partial charge in [-0.15, -0.1) is 0 Å². The molecule has 1 aliphatic rings. The standard InChI is InChI=1S/C29H30N4O5/c1-35-26-19-22(7-12-25(26)37-20-21-5-3-2-4-6-21)29-31-28(38-32-29)14-13-27(34)30-23-8-10-24(11-9-23)33-15-17-36-18-16-33/h2-12,19H,13-18,20H2,1H3,(H,30,34). The number of carbonyl (C=O) groups is 1. The zero-order valence-corrected chi connectivity index (χ0v) is 21.3. The summed E-state index contributed by atoms with van der Waals surface area (Å²) in [6, 6.07) is 23.3. The SMILES string of the molecule is COc1cc(-c2noc(CCC(=O)Nc3ccc(N4CCOCC4)cc3)n2)ccc1OCc1ccccc1. The average molecular weight is 515 g/mol. The minimum atomic E-state index is -0.120. The van der Waals surface area contributed by atoms with Crippen LogP contribution >= 0.6 is 0 Å². The van der Waals surface area contributed by atoms with E-state index >= 15 is 0 Å². The van der Waals surface area contributed by atoms with Crippen LogP contribution in [0.25, 0.3) is 11.4 Å². The lowest BCUT2D eigenvalue weighted by Gasteiger charge is -2.28. The molecule has 0 saturated carbocycles. The Labute approximate surface area is 221 Å². The number of rotatable bonds is 10. The molecule has 9 nitrogen and oxygen atoms in total. The normalized spacial score (nSPS) is 13.2. The van der Waals surface area contributed by atoms with Crippen LogP contribution in [0.3, 0.4) is 0 Å². The van der Waals surface area contributed by atoms with Gasteiger partial charge in [0.15, 0.2) is 11.5 Å². The molecule has 1 amide bonds. The summed E-state index contributed by atoms with van der Waals surface area (Å²) in [6.07, 6.45) is 0.558. The van der Waals surface area contributed by atoms with Crippen LogP contribution in [0.1, 0.15) is 17.9 Å². The first-order valence-electron chi connectivity index (χ1n) is 12.6. The van der Waals surface area contributed by atoms with Crippen molar-refractivity contribution in [3.63, 3.8) is 0 Å². The van der Waals surface area contributed by atoms with E-state index in [2.05, 4.69) is 20.4 Å². The number of nitrogens with one attached hydrogen (secondary N) is 1. The predicted octanol–water partition coefficient (Wildman–Crippen LogP) is 4.73. The highest BCUT2D eigenvalue weighted by atomic mass is 16.5. The topological polar surface area (TPSA) is 99.0 Å². The van der Waals surface area contributed by atoms with Crippen molar-refractivity contribution in [3.05, 3.63) is 84.3 Å². The van der Waals surface area contributed by atoms with Crippen LogP contribution in [0.15, 0.2) is 77.3 Å². The van der Waals surface area contributed by atoms with Gasteiger partial charge < -0.3 is 29.0 Å². The summed E-state index contributed by atoms with van der Waals surface area (Å²) in [5, 5.41) is 7.00. The minimum absolute atomic E-state index is 0.120. The van der Waals surface area contributed by atoms with E-state index in [0.29, 0.717) is 36.2 Å². The number of ether oxygens (including phenoxy) is 3. The Hall–Kier alpha value is -4.37. The summed E-state index contributed by atoms with van der Waals surface area (Å²) < 4.78 is 22.2. The highest BCUT2D eigenvalue weighted by Crippen LogP contribution is 2.32. The molecule has 0 atom stereocenters. The highest BCUT2D eigenvalue weighted by molar-refractivity contribution is 5.91. The molecule has 38 heavy (non-hydrogen) atoms. The average Bonchev–Trinajstić information content (AvgIpc) is 3.45. The quantitative estimate of drug-likeness (QED) is 0.324. The summed E-state index contributed by atoms with van der Waals surface area (Å²) in [7, 11) is 1.59. The van der Waals surface area contributed by atoms with E-state index in [1.54, 1.807) is 7.11 Å². The van der Waals surface area contributed by atoms with Crippen LogP contribution < -0.4 is 19.7 Å². The number of aryl methyl sites for hydroxylation is 1. The Morgan fingerprint density at radius 1 is 1.00 bits per heavy atom. The molecule has 196 valence electrons. The zero-order chi connectivity index (χ0) is 26.2. The van der Waals surface area contributed by atoms with Gasteiger partial charge in [-0.05, 0) is 48.0 Å². The Morgan fingerprint density at radius 2 is 1.79 bits per heavy atom. The lowest BCUT2D eigenvalue weighted by Crippen LogP contribution is -2.36. The van der Waals surface area contributed by atoms with E-state index in [4.69, 9.17) is 18.7 Å². The van der Waals surface area contributed by atoms with Gasteiger partial charge in [0.2, 0.25) is 17.6 Å². The van der Waals surface area contributed by atoms with Crippen molar-refractivity contribution in [1.29, 1.82) is 0 Å². The maximum atomic E-state index is 12.5. The Balaban J connectivity index is 1.14. The van der Waals surface area contributed by atoms with Gasteiger partial charge in [0, 0.05) is 42.9 Å². The van der Waals surface area contributed by atoms with Crippen molar-refractivity contribution >= 4 is 17.3 Å². The number of benzene rings is 3. The van der Waals surface area contributed by atoms with E-state index < -0.39 is 0 Å². The molecule has 0 aliphatic carbocycles. The predicted molar refractivity (Wildman–Crippen MR) is 143 cm³/mol. The molecule has 3 aromatic carbocycles. The van der Waals surface area contributed by atoms with Gasteiger partial charge >= 0.3 is 0 Å².